The minimum absolute atomic E-state index is 0.126. The highest BCUT2D eigenvalue weighted by Crippen LogP contribution is 2.11. The largest absolute Gasteiger partial charge is 0.334 e. The summed E-state index contributed by atoms with van der Waals surface area (Å²) in [5, 5.41) is 4.21. The van der Waals surface area contributed by atoms with Gasteiger partial charge in [-0.05, 0) is 25.1 Å². The second kappa shape index (κ2) is 5.55. The first-order valence-electron chi connectivity index (χ1n) is 7.01. The van der Waals surface area contributed by atoms with Crippen LogP contribution in [0.2, 0.25) is 0 Å². The van der Waals surface area contributed by atoms with Gasteiger partial charge in [-0.15, -0.1) is 0 Å². The monoisotopic (exact) mass is 295 g/mol. The molecule has 0 aliphatic heterocycles. The van der Waals surface area contributed by atoms with Crippen LogP contribution in [-0.4, -0.2) is 37.6 Å². The van der Waals surface area contributed by atoms with Gasteiger partial charge >= 0.3 is 0 Å². The molecule has 0 N–H and O–H groups in total. The molecule has 0 aliphatic rings. The van der Waals surface area contributed by atoms with Gasteiger partial charge in [0.15, 0.2) is 5.69 Å². The normalized spacial score (nSPS) is 10.9. The van der Waals surface area contributed by atoms with Crippen molar-refractivity contribution in [3.63, 3.8) is 0 Å². The van der Waals surface area contributed by atoms with Crippen LogP contribution in [0.15, 0.2) is 36.5 Å². The second-order valence-corrected chi connectivity index (χ2v) is 5.31. The molecule has 3 rings (SSSR count). The lowest BCUT2D eigenvalue weighted by Gasteiger charge is -2.15. The van der Waals surface area contributed by atoms with E-state index in [0.29, 0.717) is 12.2 Å². The van der Waals surface area contributed by atoms with Crippen molar-refractivity contribution >= 4 is 16.9 Å². The fourth-order valence-corrected chi connectivity index (χ4v) is 2.25. The van der Waals surface area contributed by atoms with Gasteiger partial charge in [0.1, 0.15) is 0 Å². The number of hydrogen-bond acceptors (Lipinski definition) is 4. The number of para-hydroxylation sites is 2. The molecular formula is C16H17N5O. The molecule has 6 heteroatoms. The van der Waals surface area contributed by atoms with Crippen molar-refractivity contribution in [1.29, 1.82) is 0 Å². The Hall–Kier alpha value is -2.76. The number of rotatable bonds is 3. The third-order valence-corrected chi connectivity index (χ3v) is 3.58. The lowest BCUT2D eigenvalue weighted by molar-refractivity contribution is 0.0777. The lowest BCUT2D eigenvalue weighted by atomic mass is 10.3. The summed E-state index contributed by atoms with van der Waals surface area (Å²) in [4.78, 5) is 22.9. The summed E-state index contributed by atoms with van der Waals surface area (Å²) in [5.74, 6) is -0.126. The molecule has 3 aromatic rings. The van der Waals surface area contributed by atoms with Gasteiger partial charge in [-0.2, -0.15) is 5.10 Å². The van der Waals surface area contributed by atoms with E-state index in [1.807, 2.05) is 38.2 Å². The van der Waals surface area contributed by atoms with Crippen LogP contribution in [0.4, 0.5) is 0 Å². The molecule has 1 aromatic carbocycles. The Labute approximate surface area is 128 Å². The van der Waals surface area contributed by atoms with Crippen LogP contribution in [0.1, 0.15) is 21.9 Å². The Bertz CT molecular complexity index is 820. The van der Waals surface area contributed by atoms with Crippen LogP contribution in [0, 0.1) is 6.92 Å². The van der Waals surface area contributed by atoms with E-state index in [1.165, 1.54) is 0 Å². The van der Waals surface area contributed by atoms with Crippen molar-refractivity contribution in [1.82, 2.24) is 24.6 Å². The highest BCUT2D eigenvalue weighted by Gasteiger charge is 2.16. The molecule has 0 atom stereocenters. The van der Waals surface area contributed by atoms with Crippen molar-refractivity contribution < 1.29 is 4.79 Å². The van der Waals surface area contributed by atoms with Crippen LogP contribution >= 0.6 is 0 Å². The summed E-state index contributed by atoms with van der Waals surface area (Å²) >= 11 is 0. The average Bonchev–Trinajstić information content (AvgIpc) is 2.85. The second-order valence-electron chi connectivity index (χ2n) is 5.31. The van der Waals surface area contributed by atoms with E-state index in [-0.39, 0.29) is 5.91 Å². The predicted molar refractivity (Wildman–Crippen MR) is 83.3 cm³/mol. The first kappa shape index (κ1) is 14.2. The molecule has 0 unspecified atom stereocenters. The van der Waals surface area contributed by atoms with Gasteiger partial charge in [-0.3, -0.25) is 14.5 Å². The number of carbonyl (C=O) groups excluding carboxylic acids is 1. The SMILES string of the molecule is Cc1cc(C(=O)N(C)Cc2cnc3ccccc3n2)nn1C. The van der Waals surface area contributed by atoms with E-state index in [9.17, 15) is 4.79 Å². The van der Waals surface area contributed by atoms with Crippen molar-refractivity contribution in [2.24, 2.45) is 7.05 Å². The van der Waals surface area contributed by atoms with Gasteiger partial charge in [0.05, 0.1) is 29.5 Å². The molecule has 6 nitrogen and oxygen atoms in total. The topological polar surface area (TPSA) is 63.9 Å². The standard InChI is InChI=1S/C16H17N5O/c1-11-8-15(19-21(11)3)16(22)20(2)10-12-9-17-13-6-4-5-7-14(13)18-12/h4-9H,10H2,1-3H3. The fraction of sp³-hybridized carbons (Fsp3) is 0.250. The van der Waals surface area contributed by atoms with Gasteiger partial charge in [-0.25, -0.2) is 4.98 Å². The minimum Gasteiger partial charge on any atom is -0.334 e. The highest BCUT2D eigenvalue weighted by molar-refractivity contribution is 5.92. The molecule has 0 bridgehead atoms. The third kappa shape index (κ3) is 2.67. The Morgan fingerprint density at radius 1 is 1.27 bits per heavy atom. The van der Waals surface area contributed by atoms with Crippen molar-refractivity contribution in [3.05, 3.63) is 53.6 Å². The molecule has 2 aromatic heterocycles. The number of benzene rings is 1. The number of hydrogen-bond donors (Lipinski definition) is 0. The van der Waals surface area contributed by atoms with Crippen LogP contribution in [-0.2, 0) is 13.6 Å². The number of amides is 1. The van der Waals surface area contributed by atoms with E-state index >= 15 is 0 Å². The molecule has 0 saturated carbocycles. The zero-order valence-corrected chi connectivity index (χ0v) is 12.8. The average molecular weight is 295 g/mol. The summed E-state index contributed by atoms with van der Waals surface area (Å²) in [7, 11) is 3.56. The van der Waals surface area contributed by atoms with E-state index in [1.54, 1.807) is 28.9 Å². The Morgan fingerprint density at radius 3 is 2.68 bits per heavy atom. The highest BCUT2D eigenvalue weighted by atomic mass is 16.2. The molecule has 2 heterocycles. The third-order valence-electron chi connectivity index (χ3n) is 3.58. The molecule has 0 radical (unpaired) electrons. The number of aromatic nitrogens is 4. The van der Waals surface area contributed by atoms with Crippen molar-refractivity contribution in [3.8, 4) is 0 Å². The van der Waals surface area contributed by atoms with Gasteiger partial charge in [0.2, 0.25) is 0 Å². The Morgan fingerprint density at radius 2 is 2.00 bits per heavy atom. The summed E-state index contributed by atoms with van der Waals surface area (Å²) in [6, 6.07) is 9.46. The maximum absolute atomic E-state index is 12.4. The zero-order valence-electron chi connectivity index (χ0n) is 12.8. The smallest absolute Gasteiger partial charge is 0.274 e. The zero-order chi connectivity index (χ0) is 15.7. The molecule has 0 spiro atoms. The molecule has 0 fully saturated rings. The first-order chi connectivity index (χ1) is 10.5. The quantitative estimate of drug-likeness (QED) is 0.741. The van der Waals surface area contributed by atoms with Crippen LogP contribution in [0.5, 0.6) is 0 Å². The van der Waals surface area contributed by atoms with Crippen LogP contribution in [0.3, 0.4) is 0 Å². The molecule has 1 amide bonds. The van der Waals surface area contributed by atoms with E-state index in [2.05, 4.69) is 15.1 Å². The summed E-state index contributed by atoms with van der Waals surface area (Å²) in [5.41, 5.74) is 3.82. The summed E-state index contributed by atoms with van der Waals surface area (Å²) < 4.78 is 1.69. The fourth-order valence-electron chi connectivity index (χ4n) is 2.25. The van der Waals surface area contributed by atoms with Gasteiger partial charge in [-0.1, -0.05) is 12.1 Å². The summed E-state index contributed by atoms with van der Waals surface area (Å²) in [6.45, 7) is 2.31. The number of nitrogens with zero attached hydrogens (tertiary/aromatic N) is 5. The van der Waals surface area contributed by atoms with E-state index in [4.69, 9.17) is 0 Å². The van der Waals surface area contributed by atoms with Gasteiger partial charge in [0, 0.05) is 19.8 Å². The summed E-state index contributed by atoms with van der Waals surface area (Å²) in [6.07, 6.45) is 1.70. The Kier molecular flexibility index (Phi) is 3.58. The predicted octanol–water partition coefficient (Wildman–Crippen LogP) is 1.94. The molecule has 0 aliphatic carbocycles. The first-order valence-corrected chi connectivity index (χ1v) is 7.01. The van der Waals surface area contributed by atoms with Crippen LogP contribution < -0.4 is 0 Å². The number of aryl methyl sites for hydroxylation is 2. The lowest BCUT2D eigenvalue weighted by Crippen LogP contribution is -2.27. The van der Waals surface area contributed by atoms with Crippen molar-refractivity contribution in [2.45, 2.75) is 13.5 Å². The number of fused-ring (bicyclic) bond motifs is 1. The molecular weight excluding hydrogens is 278 g/mol. The van der Waals surface area contributed by atoms with Gasteiger partial charge in [0.25, 0.3) is 5.91 Å². The van der Waals surface area contributed by atoms with Gasteiger partial charge < -0.3 is 4.90 Å². The number of carbonyl (C=O) groups is 1. The molecule has 112 valence electrons. The molecule has 0 saturated heterocycles. The van der Waals surface area contributed by atoms with Crippen LogP contribution in [0.25, 0.3) is 11.0 Å². The molecule has 22 heavy (non-hydrogen) atoms. The van der Waals surface area contributed by atoms with Crippen molar-refractivity contribution in [2.75, 3.05) is 7.05 Å². The maximum Gasteiger partial charge on any atom is 0.274 e. The maximum atomic E-state index is 12.4. The Balaban J connectivity index is 1.80. The van der Waals surface area contributed by atoms with E-state index in [0.717, 1.165) is 22.4 Å². The minimum atomic E-state index is -0.126. The van der Waals surface area contributed by atoms with E-state index < -0.39 is 0 Å².